The number of hydrogen-bond acceptors (Lipinski definition) is 2. The molecular weight excluding hydrogens is 282 g/mol. The van der Waals surface area contributed by atoms with Gasteiger partial charge >= 0.3 is 0 Å². The van der Waals surface area contributed by atoms with Crippen molar-refractivity contribution in [3.63, 3.8) is 0 Å². The molecule has 0 saturated carbocycles. The summed E-state index contributed by atoms with van der Waals surface area (Å²) in [5, 5.41) is 2.91. The summed E-state index contributed by atoms with van der Waals surface area (Å²) in [6.45, 7) is 5.24. The second kappa shape index (κ2) is 6.77. The zero-order valence-corrected chi connectivity index (χ0v) is 12.0. The molecule has 0 fully saturated rings. The van der Waals surface area contributed by atoms with Gasteiger partial charge in [0.1, 0.15) is 0 Å². The van der Waals surface area contributed by atoms with Crippen LogP contribution in [0.1, 0.15) is 22.8 Å². The summed E-state index contributed by atoms with van der Waals surface area (Å²) in [6.07, 6.45) is 0. The van der Waals surface area contributed by atoms with Crippen molar-refractivity contribution < 1.29 is 9.53 Å². The lowest BCUT2D eigenvalue weighted by Gasteiger charge is -2.12. The minimum Gasteiger partial charge on any atom is -0.384 e. The van der Waals surface area contributed by atoms with Crippen molar-refractivity contribution in [2.45, 2.75) is 13.8 Å². The lowest BCUT2D eigenvalue weighted by molar-refractivity contribution is 0.0933. The van der Waals surface area contributed by atoms with E-state index >= 15 is 0 Å². The van der Waals surface area contributed by atoms with E-state index in [0.29, 0.717) is 24.6 Å². The van der Waals surface area contributed by atoms with Gasteiger partial charge < -0.3 is 10.1 Å². The van der Waals surface area contributed by atoms with Crippen molar-refractivity contribution in [2.24, 2.45) is 5.92 Å². The normalized spacial score (nSPS) is 12.2. The molecule has 0 spiro atoms. The average Bonchev–Trinajstić information content (AvgIpc) is 2.29. The van der Waals surface area contributed by atoms with Crippen LogP contribution in [0.2, 0.25) is 0 Å². The fourth-order valence-electron chi connectivity index (χ4n) is 1.54. The number of rotatable bonds is 5. The molecule has 0 aliphatic rings. The smallest absolute Gasteiger partial charge is 0.251 e. The molecule has 94 valence electrons. The number of carbonyl (C=O) groups is 1. The van der Waals surface area contributed by atoms with Crippen LogP contribution in [-0.2, 0) is 4.74 Å². The van der Waals surface area contributed by atoms with E-state index < -0.39 is 0 Å². The first-order valence-electron chi connectivity index (χ1n) is 5.58. The molecule has 0 bridgehead atoms. The predicted molar refractivity (Wildman–Crippen MR) is 72.3 cm³/mol. The van der Waals surface area contributed by atoms with Gasteiger partial charge in [0, 0.05) is 23.7 Å². The second-order valence-corrected chi connectivity index (χ2v) is 5.15. The second-order valence-electron chi connectivity index (χ2n) is 4.23. The van der Waals surface area contributed by atoms with Gasteiger partial charge in [-0.1, -0.05) is 28.9 Å². The molecule has 0 aliphatic carbocycles. The number of ether oxygens (including phenoxy) is 1. The van der Waals surface area contributed by atoms with E-state index in [1.165, 1.54) is 0 Å². The van der Waals surface area contributed by atoms with Gasteiger partial charge in [-0.25, -0.2) is 0 Å². The molecule has 0 heterocycles. The Morgan fingerprint density at radius 3 is 2.88 bits per heavy atom. The van der Waals surface area contributed by atoms with Crippen molar-refractivity contribution >= 4 is 21.8 Å². The third kappa shape index (κ3) is 4.48. The number of hydrogen-bond donors (Lipinski definition) is 1. The van der Waals surface area contributed by atoms with Gasteiger partial charge in [0.15, 0.2) is 0 Å². The Balaban J connectivity index is 2.61. The zero-order chi connectivity index (χ0) is 12.8. The molecule has 1 aromatic rings. The zero-order valence-electron chi connectivity index (χ0n) is 10.4. The Hall–Kier alpha value is -0.870. The van der Waals surface area contributed by atoms with Gasteiger partial charge in [-0.3, -0.25) is 4.79 Å². The SMILES string of the molecule is COCC(C)CNC(=O)c1cc(Br)ccc1C. The quantitative estimate of drug-likeness (QED) is 0.908. The maximum Gasteiger partial charge on any atom is 0.251 e. The molecule has 1 amide bonds. The average molecular weight is 300 g/mol. The van der Waals surface area contributed by atoms with E-state index in [0.717, 1.165) is 10.0 Å². The summed E-state index contributed by atoms with van der Waals surface area (Å²) in [6, 6.07) is 5.70. The van der Waals surface area contributed by atoms with Crippen LogP contribution in [0.3, 0.4) is 0 Å². The van der Waals surface area contributed by atoms with E-state index in [-0.39, 0.29) is 5.91 Å². The van der Waals surface area contributed by atoms with Crippen molar-refractivity contribution in [1.29, 1.82) is 0 Å². The van der Waals surface area contributed by atoms with Crippen LogP contribution in [0.4, 0.5) is 0 Å². The highest BCUT2D eigenvalue weighted by Crippen LogP contribution is 2.15. The maximum atomic E-state index is 12.0. The highest BCUT2D eigenvalue weighted by atomic mass is 79.9. The molecule has 0 saturated heterocycles. The van der Waals surface area contributed by atoms with E-state index in [2.05, 4.69) is 21.2 Å². The Labute approximate surface area is 111 Å². The number of halogens is 1. The van der Waals surface area contributed by atoms with Gasteiger partial charge in [-0.05, 0) is 30.5 Å². The highest BCUT2D eigenvalue weighted by molar-refractivity contribution is 9.10. The van der Waals surface area contributed by atoms with E-state index in [1.54, 1.807) is 7.11 Å². The molecule has 17 heavy (non-hydrogen) atoms. The molecule has 0 radical (unpaired) electrons. The summed E-state index contributed by atoms with van der Waals surface area (Å²) in [4.78, 5) is 12.0. The summed E-state index contributed by atoms with van der Waals surface area (Å²) in [7, 11) is 1.66. The van der Waals surface area contributed by atoms with Crippen LogP contribution in [0.25, 0.3) is 0 Å². The van der Waals surface area contributed by atoms with Crippen LogP contribution in [0, 0.1) is 12.8 Å². The molecule has 1 unspecified atom stereocenters. The first-order chi connectivity index (χ1) is 8.04. The number of aryl methyl sites for hydroxylation is 1. The number of carbonyl (C=O) groups excluding carboxylic acids is 1. The van der Waals surface area contributed by atoms with Gasteiger partial charge in [-0.15, -0.1) is 0 Å². The maximum absolute atomic E-state index is 12.0. The molecule has 1 rings (SSSR count). The third-order valence-electron chi connectivity index (χ3n) is 2.51. The number of nitrogens with one attached hydrogen (secondary N) is 1. The van der Waals surface area contributed by atoms with Crippen LogP contribution < -0.4 is 5.32 Å². The molecule has 3 nitrogen and oxygen atoms in total. The number of amides is 1. The van der Waals surface area contributed by atoms with Crippen molar-refractivity contribution in [3.05, 3.63) is 33.8 Å². The van der Waals surface area contributed by atoms with E-state index in [1.807, 2.05) is 32.0 Å². The highest BCUT2D eigenvalue weighted by Gasteiger charge is 2.10. The molecule has 4 heteroatoms. The molecular formula is C13H18BrNO2. The standard InChI is InChI=1S/C13H18BrNO2/c1-9(8-17-3)7-15-13(16)12-6-11(14)5-4-10(12)2/h4-6,9H,7-8H2,1-3H3,(H,15,16). The van der Waals surface area contributed by atoms with Crippen LogP contribution in [0.5, 0.6) is 0 Å². The van der Waals surface area contributed by atoms with Crippen LogP contribution in [-0.4, -0.2) is 26.2 Å². The van der Waals surface area contributed by atoms with Gasteiger partial charge in [0.25, 0.3) is 5.91 Å². The van der Waals surface area contributed by atoms with E-state index in [4.69, 9.17) is 4.74 Å². The monoisotopic (exact) mass is 299 g/mol. The van der Waals surface area contributed by atoms with Gasteiger partial charge in [0.05, 0.1) is 6.61 Å². The molecule has 0 aliphatic heterocycles. The van der Waals surface area contributed by atoms with Crippen LogP contribution in [0.15, 0.2) is 22.7 Å². The van der Waals surface area contributed by atoms with Crippen molar-refractivity contribution in [1.82, 2.24) is 5.32 Å². The first-order valence-corrected chi connectivity index (χ1v) is 6.37. The van der Waals surface area contributed by atoms with Crippen molar-refractivity contribution in [2.75, 3.05) is 20.3 Å². The predicted octanol–water partition coefficient (Wildman–Crippen LogP) is 2.77. The molecule has 1 aromatic carbocycles. The lowest BCUT2D eigenvalue weighted by Crippen LogP contribution is -2.30. The van der Waals surface area contributed by atoms with Crippen molar-refractivity contribution in [3.8, 4) is 0 Å². The summed E-state index contributed by atoms with van der Waals surface area (Å²) in [5.74, 6) is 0.281. The Morgan fingerprint density at radius 1 is 1.53 bits per heavy atom. The fourth-order valence-corrected chi connectivity index (χ4v) is 1.91. The minimum atomic E-state index is -0.0354. The summed E-state index contributed by atoms with van der Waals surface area (Å²) in [5.41, 5.74) is 1.69. The van der Waals surface area contributed by atoms with Gasteiger partial charge in [0.2, 0.25) is 0 Å². The number of methoxy groups -OCH3 is 1. The van der Waals surface area contributed by atoms with E-state index in [9.17, 15) is 4.79 Å². The first kappa shape index (κ1) is 14.2. The minimum absolute atomic E-state index is 0.0354. The molecule has 1 atom stereocenters. The molecule has 1 N–H and O–H groups in total. The van der Waals surface area contributed by atoms with Gasteiger partial charge in [-0.2, -0.15) is 0 Å². The Morgan fingerprint density at radius 2 is 2.24 bits per heavy atom. The third-order valence-corrected chi connectivity index (χ3v) is 3.00. The largest absolute Gasteiger partial charge is 0.384 e. The topological polar surface area (TPSA) is 38.3 Å². The summed E-state index contributed by atoms with van der Waals surface area (Å²) < 4.78 is 5.94. The fraction of sp³-hybridized carbons (Fsp3) is 0.462. The molecule has 0 aromatic heterocycles. The number of benzene rings is 1. The van der Waals surface area contributed by atoms with Crippen LogP contribution >= 0.6 is 15.9 Å². The summed E-state index contributed by atoms with van der Waals surface area (Å²) >= 11 is 3.37. The Kier molecular flexibility index (Phi) is 5.65. The lowest BCUT2D eigenvalue weighted by atomic mass is 10.1. The Bertz CT molecular complexity index is 393.